The second-order valence-electron chi connectivity index (χ2n) is 5.82. The lowest BCUT2D eigenvalue weighted by molar-refractivity contribution is 0.415. The number of hydrogen-bond donors (Lipinski definition) is 2. The first-order valence-corrected chi connectivity index (χ1v) is 9.85. The molecule has 2 aromatic carbocycles. The minimum Gasteiger partial charge on any atom is -0.497 e. The quantitative estimate of drug-likeness (QED) is 0.358. The third-order valence-electron chi connectivity index (χ3n) is 4.07. The van der Waals surface area contributed by atoms with E-state index in [0.717, 1.165) is 59.7 Å². The lowest BCUT2D eigenvalue weighted by Gasteiger charge is -2.20. The summed E-state index contributed by atoms with van der Waals surface area (Å²) in [5.41, 5.74) is 5.42. The monoisotopic (exact) mass is 392 g/mol. The van der Waals surface area contributed by atoms with Crippen LogP contribution in [0.4, 0.5) is 11.4 Å². The smallest absolute Gasteiger partial charge is 0.118 e. The SMILES string of the molecule is C=Cc1ccc(NCCCCl)c(-c2ccc(OC)cc2)c1NCCCCl. The van der Waals surface area contributed by atoms with E-state index in [2.05, 4.69) is 41.5 Å². The molecule has 2 aromatic rings. The zero-order valence-corrected chi connectivity index (χ0v) is 16.7. The number of hydrogen-bond acceptors (Lipinski definition) is 3. The molecule has 0 aliphatic rings. The van der Waals surface area contributed by atoms with Crippen molar-refractivity contribution in [3.05, 3.63) is 48.5 Å². The fraction of sp³-hybridized carbons (Fsp3) is 0.333. The van der Waals surface area contributed by atoms with Crippen LogP contribution >= 0.6 is 23.2 Å². The maximum atomic E-state index is 5.85. The van der Waals surface area contributed by atoms with Crippen LogP contribution in [0.3, 0.4) is 0 Å². The zero-order valence-electron chi connectivity index (χ0n) is 15.2. The first-order valence-electron chi connectivity index (χ1n) is 8.78. The number of nitrogens with one attached hydrogen (secondary N) is 2. The molecule has 0 saturated carbocycles. The van der Waals surface area contributed by atoms with E-state index in [-0.39, 0.29) is 0 Å². The number of rotatable bonds is 11. The van der Waals surface area contributed by atoms with Crippen molar-refractivity contribution in [3.63, 3.8) is 0 Å². The lowest BCUT2D eigenvalue weighted by atomic mass is 9.97. The number of halogens is 2. The highest BCUT2D eigenvalue weighted by Gasteiger charge is 2.14. The molecule has 0 spiro atoms. The molecular weight excluding hydrogens is 367 g/mol. The minimum absolute atomic E-state index is 0.627. The predicted molar refractivity (Wildman–Crippen MR) is 116 cm³/mol. The number of anilines is 2. The van der Waals surface area contributed by atoms with Crippen molar-refractivity contribution in [2.45, 2.75) is 12.8 Å². The standard InChI is InChI=1S/C21H26Cl2N2O/c1-3-16-8-11-19(24-14-4-12-22)20(21(16)25-15-5-13-23)17-6-9-18(26-2)10-7-17/h3,6-11,24-25H,1,4-5,12-15H2,2H3. The van der Waals surface area contributed by atoms with Crippen molar-refractivity contribution >= 4 is 40.7 Å². The molecule has 0 fully saturated rings. The van der Waals surface area contributed by atoms with Crippen LogP contribution in [0.5, 0.6) is 5.75 Å². The number of alkyl halides is 2. The highest BCUT2D eigenvalue weighted by molar-refractivity contribution is 6.18. The molecule has 0 unspecified atom stereocenters. The van der Waals surface area contributed by atoms with E-state index >= 15 is 0 Å². The maximum Gasteiger partial charge on any atom is 0.118 e. The van der Waals surface area contributed by atoms with Crippen LogP contribution in [0.2, 0.25) is 0 Å². The average Bonchev–Trinajstić information content (AvgIpc) is 2.68. The van der Waals surface area contributed by atoms with Gasteiger partial charge in [-0.3, -0.25) is 0 Å². The molecule has 0 radical (unpaired) electrons. The van der Waals surface area contributed by atoms with Gasteiger partial charge in [0, 0.05) is 36.1 Å². The summed E-state index contributed by atoms with van der Waals surface area (Å²) in [5.74, 6) is 2.10. The minimum atomic E-state index is 0.627. The van der Waals surface area contributed by atoms with Gasteiger partial charge in [-0.05, 0) is 42.2 Å². The van der Waals surface area contributed by atoms with Gasteiger partial charge in [-0.25, -0.2) is 0 Å². The van der Waals surface area contributed by atoms with E-state index in [1.165, 1.54) is 0 Å². The van der Waals surface area contributed by atoms with Crippen LogP contribution in [0.25, 0.3) is 17.2 Å². The third kappa shape index (κ3) is 5.33. The van der Waals surface area contributed by atoms with Gasteiger partial charge in [-0.15, -0.1) is 23.2 Å². The van der Waals surface area contributed by atoms with Crippen LogP contribution < -0.4 is 15.4 Å². The van der Waals surface area contributed by atoms with Gasteiger partial charge in [0.2, 0.25) is 0 Å². The molecule has 0 atom stereocenters. The Morgan fingerprint density at radius 3 is 2.19 bits per heavy atom. The Kier molecular flexibility index (Phi) is 8.66. The van der Waals surface area contributed by atoms with Crippen LogP contribution in [-0.2, 0) is 0 Å². The molecule has 3 nitrogen and oxygen atoms in total. The van der Waals surface area contributed by atoms with Crippen LogP contribution in [0.1, 0.15) is 18.4 Å². The summed E-state index contributed by atoms with van der Waals surface area (Å²) >= 11 is 11.7. The number of ether oxygens (including phenoxy) is 1. The molecule has 0 saturated heterocycles. The van der Waals surface area contributed by atoms with Gasteiger partial charge in [-0.2, -0.15) is 0 Å². The largest absolute Gasteiger partial charge is 0.497 e. The number of methoxy groups -OCH3 is 1. The Labute approximate surface area is 166 Å². The van der Waals surface area contributed by atoms with E-state index in [9.17, 15) is 0 Å². The van der Waals surface area contributed by atoms with Gasteiger partial charge in [0.1, 0.15) is 5.75 Å². The first-order chi connectivity index (χ1) is 12.7. The molecule has 0 amide bonds. The highest BCUT2D eigenvalue weighted by atomic mass is 35.5. The molecule has 2 rings (SSSR count). The van der Waals surface area contributed by atoms with Gasteiger partial charge in [0.25, 0.3) is 0 Å². The molecule has 2 N–H and O–H groups in total. The van der Waals surface area contributed by atoms with E-state index in [1.54, 1.807) is 7.11 Å². The van der Waals surface area contributed by atoms with Gasteiger partial charge < -0.3 is 15.4 Å². The Hall–Kier alpha value is -1.84. The summed E-state index contributed by atoms with van der Waals surface area (Å²) in [6, 6.07) is 12.3. The van der Waals surface area contributed by atoms with Crippen molar-refractivity contribution in [2.75, 3.05) is 42.6 Å². The molecule has 0 aromatic heterocycles. The molecule has 26 heavy (non-hydrogen) atoms. The highest BCUT2D eigenvalue weighted by Crippen LogP contribution is 2.39. The average molecular weight is 393 g/mol. The van der Waals surface area contributed by atoms with Crippen molar-refractivity contribution in [1.29, 1.82) is 0 Å². The molecule has 0 aliphatic carbocycles. The van der Waals surface area contributed by atoms with Gasteiger partial charge in [0.05, 0.1) is 12.8 Å². The Morgan fingerprint density at radius 1 is 0.962 bits per heavy atom. The van der Waals surface area contributed by atoms with Gasteiger partial charge in [-0.1, -0.05) is 30.9 Å². The van der Waals surface area contributed by atoms with Crippen molar-refractivity contribution in [3.8, 4) is 16.9 Å². The second kappa shape index (κ2) is 11.0. The van der Waals surface area contributed by atoms with Gasteiger partial charge >= 0.3 is 0 Å². The molecule has 0 bridgehead atoms. The van der Waals surface area contributed by atoms with E-state index in [1.807, 2.05) is 18.2 Å². The molecular formula is C21H26Cl2N2O. The summed E-state index contributed by atoms with van der Waals surface area (Å²) in [4.78, 5) is 0. The fourth-order valence-electron chi connectivity index (χ4n) is 2.75. The summed E-state index contributed by atoms with van der Waals surface area (Å²) in [7, 11) is 1.67. The van der Waals surface area contributed by atoms with Crippen molar-refractivity contribution in [1.82, 2.24) is 0 Å². The lowest BCUT2D eigenvalue weighted by Crippen LogP contribution is -2.09. The Bertz CT molecular complexity index is 702. The molecule has 5 heteroatoms. The summed E-state index contributed by atoms with van der Waals surface area (Å²) in [6.07, 6.45) is 3.67. The van der Waals surface area contributed by atoms with Crippen molar-refractivity contribution < 1.29 is 4.74 Å². The first kappa shape index (κ1) is 20.5. The summed E-state index contributed by atoms with van der Waals surface area (Å²) < 4.78 is 5.29. The van der Waals surface area contributed by atoms with Gasteiger partial charge in [0.15, 0.2) is 0 Å². The second-order valence-corrected chi connectivity index (χ2v) is 6.58. The van der Waals surface area contributed by atoms with E-state index in [4.69, 9.17) is 27.9 Å². The van der Waals surface area contributed by atoms with E-state index in [0.29, 0.717) is 11.8 Å². The predicted octanol–water partition coefficient (Wildman–Crippen LogP) is 6.09. The van der Waals surface area contributed by atoms with Crippen LogP contribution in [-0.4, -0.2) is 32.0 Å². The molecule has 140 valence electrons. The third-order valence-corrected chi connectivity index (χ3v) is 4.61. The summed E-state index contributed by atoms with van der Waals surface area (Å²) in [6.45, 7) is 5.59. The van der Waals surface area contributed by atoms with E-state index < -0.39 is 0 Å². The fourth-order valence-corrected chi connectivity index (χ4v) is 3.02. The molecule has 0 heterocycles. The topological polar surface area (TPSA) is 33.3 Å². The molecule has 0 aliphatic heterocycles. The summed E-state index contributed by atoms with van der Waals surface area (Å²) in [5, 5.41) is 7.05. The van der Waals surface area contributed by atoms with Crippen LogP contribution in [0, 0.1) is 0 Å². The van der Waals surface area contributed by atoms with Crippen molar-refractivity contribution in [2.24, 2.45) is 0 Å². The number of benzene rings is 2. The zero-order chi connectivity index (χ0) is 18.8. The van der Waals surface area contributed by atoms with Crippen LogP contribution in [0.15, 0.2) is 43.0 Å². The Morgan fingerprint density at radius 2 is 1.62 bits per heavy atom. The normalized spacial score (nSPS) is 10.4. The Balaban J connectivity index is 2.49. The maximum absolute atomic E-state index is 5.85.